The highest BCUT2D eigenvalue weighted by atomic mass is 79.9. The Bertz CT molecular complexity index is 1080. The summed E-state index contributed by atoms with van der Waals surface area (Å²) in [6, 6.07) is 13.1. The number of para-hydroxylation sites is 2. The molecule has 0 radical (unpaired) electrons. The number of rotatable bonds is 5. The Balaban J connectivity index is 1.43. The molecule has 0 saturated carbocycles. The number of H-pyrrole nitrogens is 1. The first-order valence-corrected chi connectivity index (χ1v) is 10.4. The number of benzene rings is 2. The van der Waals surface area contributed by atoms with E-state index in [1.807, 2.05) is 25.1 Å². The van der Waals surface area contributed by atoms with Gasteiger partial charge in [-0.05, 0) is 41.1 Å². The van der Waals surface area contributed by atoms with Gasteiger partial charge in [-0.25, -0.2) is 0 Å². The number of carbonyl (C=O) groups excluding carboxylic acids is 2. The monoisotopic (exact) mass is 455 g/mol. The Morgan fingerprint density at radius 2 is 2.03 bits per heavy atom. The van der Waals surface area contributed by atoms with Crippen molar-refractivity contribution in [2.24, 2.45) is 0 Å². The van der Waals surface area contributed by atoms with Crippen LogP contribution in [-0.4, -0.2) is 41.4 Å². The smallest absolute Gasteiger partial charge is 0.255 e. The molecule has 7 heteroatoms. The molecule has 2 N–H and O–H groups in total. The molecule has 150 valence electrons. The molecule has 4 rings (SSSR count). The van der Waals surface area contributed by atoms with Crippen LogP contribution in [0, 0.1) is 0 Å². The fourth-order valence-electron chi connectivity index (χ4n) is 3.71. The molecule has 6 nitrogen and oxygen atoms in total. The van der Waals surface area contributed by atoms with Crippen LogP contribution in [0.4, 0.5) is 0 Å². The van der Waals surface area contributed by atoms with E-state index in [0.29, 0.717) is 31.0 Å². The summed E-state index contributed by atoms with van der Waals surface area (Å²) in [7, 11) is 0. The summed E-state index contributed by atoms with van der Waals surface area (Å²) >= 11 is 3.58. The van der Waals surface area contributed by atoms with Crippen molar-refractivity contribution in [3.63, 3.8) is 0 Å². The first kappa shape index (κ1) is 19.5. The molecule has 29 heavy (non-hydrogen) atoms. The Kier molecular flexibility index (Phi) is 5.58. The van der Waals surface area contributed by atoms with E-state index < -0.39 is 0 Å². The molecule has 0 spiro atoms. The fraction of sp³-hybridized carbons (Fsp3) is 0.273. The van der Waals surface area contributed by atoms with Gasteiger partial charge in [-0.15, -0.1) is 0 Å². The van der Waals surface area contributed by atoms with E-state index in [2.05, 4.69) is 32.3 Å². The first-order valence-electron chi connectivity index (χ1n) is 9.64. The minimum atomic E-state index is -0.309. The van der Waals surface area contributed by atoms with Crippen LogP contribution in [0.1, 0.15) is 28.5 Å². The third-order valence-corrected chi connectivity index (χ3v) is 5.80. The summed E-state index contributed by atoms with van der Waals surface area (Å²) in [5.74, 6) is 0.116. The number of aromatic amines is 1. The lowest BCUT2D eigenvalue weighted by molar-refractivity contribution is -0.131. The topological polar surface area (TPSA) is 74.4 Å². The molecule has 3 aromatic rings. The normalized spacial score (nSPS) is 13.2. The van der Waals surface area contributed by atoms with Crippen molar-refractivity contribution in [1.82, 2.24) is 15.2 Å². The molecular formula is C22H22BrN3O3. The number of nitrogens with zero attached hydrogens (tertiary/aromatic N) is 1. The van der Waals surface area contributed by atoms with Crippen molar-refractivity contribution in [3.05, 3.63) is 63.8 Å². The van der Waals surface area contributed by atoms with Crippen LogP contribution in [-0.2, 0) is 17.8 Å². The third-order valence-electron chi connectivity index (χ3n) is 5.14. The van der Waals surface area contributed by atoms with Gasteiger partial charge in [-0.1, -0.05) is 24.3 Å². The predicted octanol–water partition coefficient (Wildman–Crippen LogP) is 3.64. The van der Waals surface area contributed by atoms with Crippen molar-refractivity contribution >= 4 is 38.6 Å². The highest BCUT2D eigenvalue weighted by molar-refractivity contribution is 9.10. The predicted molar refractivity (Wildman–Crippen MR) is 115 cm³/mol. The fourth-order valence-corrected chi connectivity index (χ4v) is 4.18. The molecule has 1 aliphatic rings. The Morgan fingerprint density at radius 3 is 2.86 bits per heavy atom. The summed E-state index contributed by atoms with van der Waals surface area (Å²) in [4.78, 5) is 30.5. The van der Waals surface area contributed by atoms with E-state index in [0.717, 1.165) is 27.4 Å². The minimum Gasteiger partial charge on any atom is -0.493 e. The van der Waals surface area contributed by atoms with Crippen LogP contribution in [0.25, 0.3) is 10.9 Å². The highest BCUT2D eigenvalue weighted by Crippen LogP contribution is 2.31. The molecular weight excluding hydrogens is 434 g/mol. The number of ether oxygens (including phenoxy) is 1. The maximum Gasteiger partial charge on any atom is 0.255 e. The van der Waals surface area contributed by atoms with Gasteiger partial charge >= 0.3 is 0 Å². The molecule has 0 fully saturated rings. The maximum atomic E-state index is 12.7. The number of hydrogen-bond donors (Lipinski definition) is 2. The zero-order chi connectivity index (χ0) is 20.4. The van der Waals surface area contributed by atoms with Crippen LogP contribution in [0.15, 0.2) is 46.9 Å². The molecule has 0 unspecified atom stereocenters. The molecule has 0 bridgehead atoms. The standard InChI is InChI=1S/C22H22BrN3O3/c1-2-29-19-9-4-3-6-15(19)22(28)24-12-20(27)26-11-10-18-16(13-26)14-7-5-8-17(23)21(14)25-18/h3-9,25H,2,10-13H2,1H3,(H,24,28). The van der Waals surface area contributed by atoms with Crippen LogP contribution >= 0.6 is 15.9 Å². The van der Waals surface area contributed by atoms with Crippen LogP contribution < -0.4 is 10.1 Å². The largest absolute Gasteiger partial charge is 0.493 e. The Morgan fingerprint density at radius 1 is 1.21 bits per heavy atom. The molecule has 2 heterocycles. The second-order valence-electron chi connectivity index (χ2n) is 6.92. The van der Waals surface area contributed by atoms with Crippen molar-refractivity contribution in [1.29, 1.82) is 0 Å². The van der Waals surface area contributed by atoms with Crippen LogP contribution in [0.2, 0.25) is 0 Å². The van der Waals surface area contributed by atoms with Crippen molar-refractivity contribution in [2.45, 2.75) is 19.9 Å². The van der Waals surface area contributed by atoms with Gasteiger partial charge in [-0.2, -0.15) is 0 Å². The average molecular weight is 456 g/mol. The Hall–Kier alpha value is -2.80. The van der Waals surface area contributed by atoms with Gasteiger partial charge in [-0.3, -0.25) is 9.59 Å². The minimum absolute atomic E-state index is 0.0410. The van der Waals surface area contributed by atoms with Crippen molar-refractivity contribution < 1.29 is 14.3 Å². The second kappa shape index (κ2) is 8.29. The van der Waals surface area contributed by atoms with Crippen LogP contribution in [0.5, 0.6) is 5.75 Å². The van der Waals surface area contributed by atoms with E-state index in [4.69, 9.17) is 4.74 Å². The summed E-state index contributed by atoms with van der Waals surface area (Å²) in [6.07, 6.45) is 0.767. The molecule has 2 aromatic carbocycles. The lowest BCUT2D eigenvalue weighted by Gasteiger charge is -2.27. The van der Waals surface area contributed by atoms with Crippen molar-refractivity contribution in [2.75, 3.05) is 19.7 Å². The Labute approximate surface area is 177 Å². The summed E-state index contributed by atoms with van der Waals surface area (Å²) in [5, 5.41) is 3.86. The third kappa shape index (κ3) is 3.87. The maximum absolute atomic E-state index is 12.7. The highest BCUT2D eigenvalue weighted by Gasteiger charge is 2.25. The number of aromatic nitrogens is 1. The number of hydrogen-bond acceptors (Lipinski definition) is 3. The molecule has 0 aliphatic carbocycles. The number of fused-ring (bicyclic) bond motifs is 3. The van der Waals surface area contributed by atoms with E-state index in [1.54, 1.807) is 23.1 Å². The van der Waals surface area contributed by atoms with Crippen LogP contribution in [0.3, 0.4) is 0 Å². The lowest BCUT2D eigenvalue weighted by atomic mass is 10.0. The molecule has 1 aliphatic heterocycles. The number of nitrogens with one attached hydrogen (secondary N) is 2. The van der Waals surface area contributed by atoms with Gasteiger partial charge in [0.1, 0.15) is 5.75 Å². The molecule has 0 saturated heterocycles. The van der Waals surface area contributed by atoms with E-state index in [-0.39, 0.29) is 18.4 Å². The number of halogens is 1. The van der Waals surface area contributed by atoms with Gasteiger partial charge in [0, 0.05) is 40.6 Å². The summed E-state index contributed by atoms with van der Waals surface area (Å²) in [5.41, 5.74) is 3.82. The quantitative estimate of drug-likeness (QED) is 0.616. The van der Waals surface area contributed by atoms with Gasteiger partial charge < -0.3 is 19.9 Å². The second-order valence-corrected chi connectivity index (χ2v) is 7.78. The summed E-state index contributed by atoms with van der Waals surface area (Å²) in [6.45, 7) is 3.46. The SMILES string of the molecule is CCOc1ccccc1C(=O)NCC(=O)N1CCc2[nH]c3c(Br)cccc3c2C1. The van der Waals surface area contributed by atoms with Crippen molar-refractivity contribution in [3.8, 4) is 5.75 Å². The van der Waals surface area contributed by atoms with E-state index in [1.165, 1.54) is 5.69 Å². The number of amides is 2. The zero-order valence-electron chi connectivity index (χ0n) is 16.1. The molecule has 0 atom stereocenters. The average Bonchev–Trinajstić information content (AvgIpc) is 3.12. The molecule has 1 aromatic heterocycles. The van der Waals surface area contributed by atoms with Gasteiger partial charge in [0.05, 0.1) is 24.2 Å². The van der Waals surface area contributed by atoms with E-state index in [9.17, 15) is 9.59 Å². The zero-order valence-corrected chi connectivity index (χ0v) is 17.7. The molecule has 2 amide bonds. The number of carbonyl (C=O) groups is 2. The first-order chi connectivity index (χ1) is 14.1. The summed E-state index contributed by atoms with van der Waals surface area (Å²) < 4.78 is 6.51. The van der Waals surface area contributed by atoms with Gasteiger partial charge in [0.15, 0.2) is 0 Å². The van der Waals surface area contributed by atoms with E-state index >= 15 is 0 Å². The van der Waals surface area contributed by atoms with Gasteiger partial charge in [0.25, 0.3) is 5.91 Å². The van der Waals surface area contributed by atoms with Gasteiger partial charge in [0.2, 0.25) is 5.91 Å². The lowest BCUT2D eigenvalue weighted by Crippen LogP contribution is -2.42.